The summed E-state index contributed by atoms with van der Waals surface area (Å²) in [7, 11) is 0. The Kier molecular flexibility index (Phi) is 6.39. The Labute approximate surface area is 108 Å². The summed E-state index contributed by atoms with van der Waals surface area (Å²) >= 11 is 0. The molecule has 0 aromatic heterocycles. The topological polar surface area (TPSA) is 70.6 Å². The number of nitrogens with one attached hydrogen (secondary N) is 2. The molecular formula is C13H23N3O2. The third-order valence-corrected chi connectivity index (χ3v) is 2.79. The van der Waals surface area contributed by atoms with Crippen molar-refractivity contribution in [1.82, 2.24) is 10.7 Å². The van der Waals surface area contributed by atoms with Gasteiger partial charge in [0.05, 0.1) is 0 Å². The second-order valence-corrected chi connectivity index (χ2v) is 5.03. The van der Waals surface area contributed by atoms with Gasteiger partial charge in [-0.05, 0) is 39.5 Å². The lowest BCUT2D eigenvalue weighted by atomic mass is 10.2. The maximum absolute atomic E-state index is 11.5. The van der Waals surface area contributed by atoms with Gasteiger partial charge in [-0.2, -0.15) is 5.10 Å². The van der Waals surface area contributed by atoms with Crippen molar-refractivity contribution < 1.29 is 9.59 Å². The van der Waals surface area contributed by atoms with Gasteiger partial charge in [-0.3, -0.25) is 9.59 Å². The van der Waals surface area contributed by atoms with Crippen LogP contribution in [0, 0.1) is 0 Å². The molecule has 18 heavy (non-hydrogen) atoms. The van der Waals surface area contributed by atoms with E-state index in [9.17, 15) is 9.59 Å². The first-order chi connectivity index (χ1) is 8.58. The number of hydrogen-bond acceptors (Lipinski definition) is 3. The Hall–Kier alpha value is -1.39. The van der Waals surface area contributed by atoms with Crippen molar-refractivity contribution in [2.75, 3.05) is 0 Å². The van der Waals surface area contributed by atoms with Crippen LogP contribution in [0.25, 0.3) is 0 Å². The first kappa shape index (κ1) is 14.7. The lowest BCUT2D eigenvalue weighted by Crippen LogP contribution is -2.34. The van der Waals surface area contributed by atoms with Crippen LogP contribution in [0.1, 0.15) is 58.8 Å². The molecule has 2 amide bonds. The molecule has 0 aromatic carbocycles. The number of hydrogen-bond donors (Lipinski definition) is 2. The SMILES string of the molecule is CC(C)NC(=O)CC(=O)NN=C1CCCCCC1. The van der Waals surface area contributed by atoms with Crippen LogP contribution in [-0.4, -0.2) is 23.6 Å². The summed E-state index contributed by atoms with van der Waals surface area (Å²) in [6, 6.07) is 0.0541. The van der Waals surface area contributed by atoms with Gasteiger partial charge in [0, 0.05) is 11.8 Å². The van der Waals surface area contributed by atoms with Crippen LogP contribution in [0.5, 0.6) is 0 Å². The molecule has 1 aliphatic rings. The molecule has 0 saturated heterocycles. The van der Waals surface area contributed by atoms with Crippen LogP contribution in [0.4, 0.5) is 0 Å². The molecule has 0 spiro atoms. The van der Waals surface area contributed by atoms with Gasteiger partial charge in [0.1, 0.15) is 6.42 Å². The number of amides is 2. The molecule has 0 radical (unpaired) electrons. The van der Waals surface area contributed by atoms with E-state index in [1.807, 2.05) is 13.8 Å². The summed E-state index contributed by atoms with van der Waals surface area (Å²) < 4.78 is 0. The molecule has 0 aromatic rings. The third kappa shape index (κ3) is 6.37. The number of hydrazone groups is 1. The first-order valence-electron chi connectivity index (χ1n) is 6.71. The van der Waals surface area contributed by atoms with Crippen LogP contribution in [0.3, 0.4) is 0 Å². The molecule has 0 heterocycles. The molecular weight excluding hydrogens is 230 g/mol. The van der Waals surface area contributed by atoms with Crippen LogP contribution in [0.15, 0.2) is 5.10 Å². The third-order valence-electron chi connectivity index (χ3n) is 2.79. The van der Waals surface area contributed by atoms with E-state index in [1.54, 1.807) is 0 Å². The summed E-state index contributed by atoms with van der Waals surface area (Å²) in [6.07, 6.45) is 6.52. The van der Waals surface area contributed by atoms with Crippen LogP contribution < -0.4 is 10.7 Å². The highest BCUT2D eigenvalue weighted by Gasteiger charge is 2.10. The van der Waals surface area contributed by atoms with Gasteiger partial charge in [-0.1, -0.05) is 12.8 Å². The number of nitrogens with zero attached hydrogens (tertiary/aromatic N) is 1. The number of carbonyl (C=O) groups excluding carboxylic acids is 2. The monoisotopic (exact) mass is 253 g/mol. The predicted molar refractivity (Wildman–Crippen MR) is 71.2 cm³/mol. The fourth-order valence-electron chi connectivity index (χ4n) is 1.95. The Morgan fingerprint density at radius 3 is 2.28 bits per heavy atom. The van der Waals surface area contributed by atoms with Gasteiger partial charge in [-0.25, -0.2) is 5.43 Å². The highest BCUT2D eigenvalue weighted by atomic mass is 16.2. The summed E-state index contributed by atoms with van der Waals surface area (Å²) in [5.74, 6) is -0.603. The average Bonchev–Trinajstić information content (AvgIpc) is 2.53. The lowest BCUT2D eigenvalue weighted by Gasteiger charge is -2.07. The number of carbonyl (C=O) groups is 2. The number of rotatable bonds is 4. The van der Waals surface area contributed by atoms with Gasteiger partial charge < -0.3 is 5.32 Å². The normalized spacial score (nSPS) is 16.1. The molecule has 0 aliphatic heterocycles. The summed E-state index contributed by atoms with van der Waals surface area (Å²) in [4.78, 5) is 22.8. The van der Waals surface area contributed by atoms with Crippen LogP contribution in [0.2, 0.25) is 0 Å². The van der Waals surface area contributed by atoms with Gasteiger partial charge in [0.2, 0.25) is 11.8 Å². The molecule has 102 valence electrons. The zero-order chi connectivity index (χ0) is 13.4. The second kappa shape index (κ2) is 7.84. The standard InChI is InChI=1S/C13H23N3O2/c1-10(2)14-12(17)9-13(18)16-15-11-7-5-3-4-6-8-11/h10H,3-9H2,1-2H3,(H,14,17)(H,16,18). The molecule has 1 aliphatic carbocycles. The molecule has 0 unspecified atom stereocenters. The van der Waals surface area contributed by atoms with Gasteiger partial charge in [0.25, 0.3) is 0 Å². The van der Waals surface area contributed by atoms with Crippen LogP contribution >= 0.6 is 0 Å². The van der Waals surface area contributed by atoms with Crippen molar-refractivity contribution in [2.24, 2.45) is 5.10 Å². The van der Waals surface area contributed by atoms with E-state index in [-0.39, 0.29) is 24.3 Å². The van der Waals surface area contributed by atoms with E-state index in [1.165, 1.54) is 12.8 Å². The Morgan fingerprint density at radius 1 is 1.11 bits per heavy atom. The molecule has 1 fully saturated rings. The Balaban J connectivity index is 2.31. The predicted octanol–water partition coefficient (Wildman–Crippen LogP) is 1.73. The largest absolute Gasteiger partial charge is 0.353 e. The maximum atomic E-state index is 11.5. The molecule has 1 rings (SSSR count). The minimum Gasteiger partial charge on any atom is -0.353 e. The van der Waals surface area contributed by atoms with Crippen molar-refractivity contribution >= 4 is 17.5 Å². The first-order valence-corrected chi connectivity index (χ1v) is 6.71. The van der Waals surface area contributed by atoms with Gasteiger partial charge >= 0.3 is 0 Å². The molecule has 2 N–H and O–H groups in total. The second-order valence-electron chi connectivity index (χ2n) is 5.03. The van der Waals surface area contributed by atoms with Crippen LogP contribution in [-0.2, 0) is 9.59 Å². The lowest BCUT2D eigenvalue weighted by molar-refractivity contribution is -0.129. The van der Waals surface area contributed by atoms with E-state index < -0.39 is 0 Å². The van der Waals surface area contributed by atoms with E-state index in [0.29, 0.717) is 0 Å². The molecule has 5 heteroatoms. The molecule has 1 saturated carbocycles. The van der Waals surface area contributed by atoms with Gasteiger partial charge in [0.15, 0.2) is 0 Å². The van der Waals surface area contributed by atoms with E-state index in [0.717, 1.165) is 31.4 Å². The van der Waals surface area contributed by atoms with E-state index in [2.05, 4.69) is 15.8 Å². The fraction of sp³-hybridized carbons (Fsp3) is 0.769. The maximum Gasteiger partial charge on any atom is 0.249 e. The van der Waals surface area contributed by atoms with Crippen molar-refractivity contribution in [3.63, 3.8) is 0 Å². The highest BCUT2D eigenvalue weighted by Crippen LogP contribution is 2.14. The van der Waals surface area contributed by atoms with E-state index >= 15 is 0 Å². The highest BCUT2D eigenvalue weighted by molar-refractivity contribution is 5.97. The van der Waals surface area contributed by atoms with Gasteiger partial charge in [-0.15, -0.1) is 0 Å². The molecule has 0 bridgehead atoms. The fourth-order valence-corrected chi connectivity index (χ4v) is 1.95. The summed E-state index contributed by atoms with van der Waals surface area (Å²) in [5.41, 5.74) is 3.52. The van der Waals surface area contributed by atoms with Crippen molar-refractivity contribution in [3.8, 4) is 0 Å². The smallest absolute Gasteiger partial charge is 0.249 e. The summed E-state index contributed by atoms with van der Waals surface area (Å²) in [5, 5.41) is 6.79. The minimum absolute atomic E-state index is 0.0541. The summed E-state index contributed by atoms with van der Waals surface area (Å²) in [6.45, 7) is 3.73. The molecule has 0 atom stereocenters. The Bertz CT molecular complexity index is 314. The van der Waals surface area contributed by atoms with E-state index in [4.69, 9.17) is 0 Å². The van der Waals surface area contributed by atoms with Crippen molar-refractivity contribution in [3.05, 3.63) is 0 Å². The van der Waals surface area contributed by atoms with Crippen molar-refractivity contribution in [2.45, 2.75) is 64.8 Å². The minimum atomic E-state index is -0.343. The average molecular weight is 253 g/mol. The zero-order valence-electron chi connectivity index (χ0n) is 11.3. The van der Waals surface area contributed by atoms with Crippen molar-refractivity contribution in [1.29, 1.82) is 0 Å². The molecule has 5 nitrogen and oxygen atoms in total. The zero-order valence-corrected chi connectivity index (χ0v) is 11.3. The Morgan fingerprint density at radius 2 is 1.72 bits per heavy atom. The quantitative estimate of drug-likeness (QED) is 0.455.